The molecule has 5 heteroatoms. The summed E-state index contributed by atoms with van der Waals surface area (Å²) in [4.78, 5) is 0. The monoisotopic (exact) mass is 420 g/mol. The van der Waals surface area contributed by atoms with Gasteiger partial charge in [0.05, 0.1) is 26.4 Å². The van der Waals surface area contributed by atoms with Gasteiger partial charge in [0.15, 0.2) is 11.6 Å². The van der Waals surface area contributed by atoms with E-state index in [1.807, 2.05) is 0 Å². The summed E-state index contributed by atoms with van der Waals surface area (Å²) in [7, 11) is 0. The van der Waals surface area contributed by atoms with Crippen LogP contribution in [0, 0.1) is 35.0 Å². The summed E-state index contributed by atoms with van der Waals surface area (Å²) in [5.41, 5.74) is 3.41. The van der Waals surface area contributed by atoms with E-state index in [9.17, 15) is 0 Å². The average Bonchev–Trinajstić information content (AvgIpc) is 3.44. The fourth-order valence-electron chi connectivity index (χ4n) is 8.36. The van der Waals surface area contributed by atoms with Gasteiger partial charge in [0, 0.05) is 30.2 Å². The van der Waals surface area contributed by atoms with Crippen LogP contribution in [0.1, 0.15) is 51.9 Å². The van der Waals surface area contributed by atoms with Gasteiger partial charge in [-0.15, -0.1) is 0 Å². The Morgan fingerprint density at radius 3 is 2.55 bits per heavy atom. The van der Waals surface area contributed by atoms with Crippen LogP contribution in [0.4, 0.5) is 0 Å². The quantitative estimate of drug-likeness (QED) is 0.558. The molecule has 2 heterocycles. The van der Waals surface area contributed by atoms with E-state index >= 15 is 0 Å². The van der Waals surface area contributed by atoms with E-state index in [0.717, 1.165) is 58.5 Å². The normalized spacial score (nSPS) is 47.4. The Bertz CT molecular complexity index is 720. The zero-order chi connectivity index (χ0) is 19.7. The molecule has 4 aliphatic carbocycles. The standard InChI is InChI=1S/C24H33ClO4/c1-22-14-17(6-9-25)21-18-4-7-23(26-10-11-27-23)15-16(18)2-3-19(21)20(22)5-8-24(22)28-12-13-29-24/h2,6,9,17-21H,3-5,7-8,10-15H2,1H3/t17-,18-,19-,20-,21+,22-/m0/s1. The Hall–Kier alpha value is -0.390. The highest BCUT2D eigenvalue weighted by Crippen LogP contribution is 2.68. The second kappa shape index (κ2) is 6.80. The minimum absolute atomic E-state index is 0.0740. The molecule has 0 amide bonds. The Kier molecular flexibility index (Phi) is 4.53. The van der Waals surface area contributed by atoms with E-state index in [4.69, 9.17) is 30.5 Å². The maximum absolute atomic E-state index is 6.32. The molecule has 6 atom stereocenters. The lowest BCUT2D eigenvalue weighted by Gasteiger charge is -2.58. The highest BCUT2D eigenvalue weighted by molar-refractivity contribution is 6.25. The predicted octanol–water partition coefficient (Wildman–Crippen LogP) is 5.02. The molecule has 3 saturated carbocycles. The van der Waals surface area contributed by atoms with Crippen LogP contribution in [0.25, 0.3) is 0 Å². The molecule has 2 aliphatic heterocycles. The molecule has 29 heavy (non-hydrogen) atoms. The van der Waals surface area contributed by atoms with Crippen molar-refractivity contribution in [3.05, 3.63) is 23.3 Å². The molecule has 0 unspecified atom stereocenters. The lowest BCUT2D eigenvalue weighted by atomic mass is 9.49. The third-order valence-corrected chi connectivity index (χ3v) is 9.57. The number of rotatable bonds is 1. The summed E-state index contributed by atoms with van der Waals surface area (Å²) in [6, 6.07) is 0. The van der Waals surface area contributed by atoms with E-state index in [2.05, 4.69) is 19.1 Å². The van der Waals surface area contributed by atoms with Crippen LogP contribution < -0.4 is 0 Å². The molecule has 6 aliphatic rings. The van der Waals surface area contributed by atoms with Gasteiger partial charge in [-0.1, -0.05) is 36.2 Å². The van der Waals surface area contributed by atoms with Gasteiger partial charge in [-0.2, -0.15) is 0 Å². The van der Waals surface area contributed by atoms with E-state index in [-0.39, 0.29) is 17.0 Å². The molecule has 0 aromatic heterocycles. The minimum atomic E-state index is -0.368. The lowest BCUT2D eigenvalue weighted by molar-refractivity contribution is -0.245. The minimum Gasteiger partial charge on any atom is -0.347 e. The van der Waals surface area contributed by atoms with Crippen LogP contribution in [-0.2, 0) is 18.9 Å². The summed E-state index contributed by atoms with van der Waals surface area (Å²) in [5.74, 6) is 2.43. The highest BCUT2D eigenvalue weighted by atomic mass is 35.5. The molecule has 160 valence electrons. The molecule has 0 aromatic carbocycles. The van der Waals surface area contributed by atoms with Crippen molar-refractivity contribution in [2.45, 2.75) is 63.4 Å². The molecule has 4 nitrogen and oxygen atoms in total. The van der Waals surface area contributed by atoms with Crippen LogP contribution in [-0.4, -0.2) is 38.0 Å². The highest BCUT2D eigenvalue weighted by Gasteiger charge is 2.67. The Morgan fingerprint density at radius 2 is 1.79 bits per heavy atom. The second-order valence-corrected chi connectivity index (χ2v) is 10.6. The molecule has 0 bridgehead atoms. The average molecular weight is 421 g/mol. The summed E-state index contributed by atoms with van der Waals surface area (Å²) in [6.07, 6.45) is 12.5. The van der Waals surface area contributed by atoms with Crippen LogP contribution in [0.3, 0.4) is 0 Å². The number of ether oxygens (including phenoxy) is 4. The van der Waals surface area contributed by atoms with Crippen LogP contribution in [0.15, 0.2) is 23.3 Å². The first-order valence-corrected chi connectivity index (χ1v) is 12.1. The molecular weight excluding hydrogens is 388 g/mol. The van der Waals surface area contributed by atoms with Gasteiger partial charge in [0.25, 0.3) is 0 Å². The molecule has 0 radical (unpaired) electrons. The third kappa shape index (κ3) is 2.65. The van der Waals surface area contributed by atoms with Crippen molar-refractivity contribution >= 4 is 11.6 Å². The molecule has 2 saturated heterocycles. The molecule has 0 N–H and O–H groups in total. The van der Waals surface area contributed by atoms with Crippen molar-refractivity contribution in [3.63, 3.8) is 0 Å². The third-order valence-electron chi connectivity index (χ3n) is 9.43. The predicted molar refractivity (Wildman–Crippen MR) is 110 cm³/mol. The smallest absolute Gasteiger partial charge is 0.174 e. The number of halogens is 1. The van der Waals surface area contributed by atoms with Gasteiger partial charge in [-0.05, 0) is 55.3 Å². The fraction of sp³-hybridized carbons (Fsp3) is 0.833. The van der Waals surface area contributed by atoms with Crippen molar-refractivity contribution in [2.24, 2.45) is 35.0 Å². The second-order valence-electron chi connectivity index (χ2n) is 10.4. The summed E-state index contributed by atoms with van der Waals surface area (Å²) in [5, 5.41) is 0. The Morgan fingerprint density at radius 1 is 1.03 bits per heavy atom. The first-order valence-electron chi connectivity index (χ1n) is 11.6. The first kappa shape index (κ1) is 19.3. The topological polar surface area (TPSA) is 36.9 Å². The lowest BCUT2D eigenvalue weighted by Crippen LogP contribution is -2.56. The Labute approximate surface area is 178 Å². The zero-order valence-electron chi connectivity index (χ0n) is 17.4. The molecule has 6 rings (SSSR count). The number of fused-ring (bicyclic) bond motifs is 6. The maximum Gasteiger partial charge on any atom is 0.174 e. The molecule has 5 fully saturated rings. The van der Waals surface area contributed by atoms with Crippen molar-refractivity contribution in [2.75, 3.05) is 26.4 Å². The van der Waals surface area contributed by atoms with Gasteiger partial charge in [-0.3, -0.25) is 0 Å². The summed E-state index contributed by atoms with van der Waals surface area (Å²) in [6.45, 7) is 5.40. The molecule has 2 spiro atoms. The zero-order valence-corrected chi connectivity index (χ0v) is 18.2. The van der Waals surface area contributed by atoms with E-state index in [1.54, 1.807) is 11.1 Å². The molecule has 0 aromatic rings. The van der Waals surface area contributed by atoms with Crippen molar-refractivity contribution in [1.82, 2.24) is 0 Å². The van der Waals surface area contributed by atoms with Gasteiger partial charge in [0.2, 0.25) is 0 Å². The number of hydrogen-bond donors (Lipinski definition) is 0. The fourth-order valence-corrected chi connectivity index (χ4v) is 8.55. The SMILES string of the molecule is C[C@]12C[C@H](C=CCl)[C@H]3[C@@H](CC=C4CC5(CC[C@@H]43)OCCO5)[C@@H]1CCC21OCCO1. The van der Waals surface area contributed by atoms with Crippen LogP contribution in [0.5, 0.6) is 0 Å². The Balaban J connectivity index is 1.35. The van der Waals surface area contributed by atoms with Gasteiger partial charge in [0.1, 0.15) is 0 Å². The van der Waals surface area contributed by atoms with Crippen molar-refractivity contribution < 1.29 is 18.9 Å². The number of allylic oxidation sites excluding steroid dienone is 2. The van der Waals surface area contributed by atoms with Crippen molar-refractivity contribution in [3.8, 4) is 0 Å². The van der Waals surface area contributed by atoms with E-state index in [0.29, 0.717) is 29.6 Å². The van der Waals surface area contributed by atoms with Gasteiger partial charge in [-0.25, -0.2) is 0 Å². The van der Waals surface area contributed by atoms with Crippen LogP contribution in [0.2, 0.25) is 0 Å². The van der Waals surface area contributed by atoms with E-state index in [1.165, 1.54) is 12.8 Å². The van der Waals surface area contributed by atoms with Crippen molar-refractivity contribution in [1.29, 1.82) is 0 Å². The number of hydrogen-bond acceptors (Lipinski definition) is 4. The maximum atomic E-state index is 6.32. The largest absolute Gasteiger partial charge is 0.347 e. The summed E-state index contributed by atoms with van der Waals surface area (Å²) >= 11 is 6.18. The van der Waals surface area contributed by atoms with E-state index < -0.39 is 0 Å². The molecular formula is C24H33ClO4. The van der Waals surface area contributed by atoms with Crippen LogP contribution >= 0.6 is 11.6 Å². The van der Waals surface area contributed by atoms with Gasteiger partial charge < -0.3 is 18.9 Å². The summed E-state index contributed by atoms with van der Waals surface area (Å²) < 4.78 is 24.8. The van der Waals surface area contributed by atoms with Gasteiger partial charge >= 0.3 is 0 Å². The first-order chi connectivity index (χ1) is 14.1.